The molecule has 22 heavy (non-hydrogen) atoms. The van der Waals surface area contributed by atoms with E-state index in [0.717, 1.165) is 5.57 Å². The van der Waals surface area contributed by atoms with Gasteiger partial charge in [0, 0.05) is 6.61 Å². The van der Waals surface area contributed by atoms with Gasteiger partial charge in [-0.15, -0.1) is 0 Å². The summed E-state index contributed by atoms with van der Waals surface area (Å²) in [6, 6.07) is 8.99. The molecule has 3 nitrogen and oxygen atoms in total. The second-order valence-corrected chi connectivity index (χ2v) is 11.9. The maximum atomic E-state index is 11.8. The summed E-state index contributed by atoms with van der Waals surface area (Å²) >= 11 is 0. The normalized spacial score (nSPS) is 12.0. The minimum absolute atomic E-state index is 0.202. The van der Waals surface area contributed by atoms with Crippen LogP contribution >= 0.6 is 0 Å². The molecule has 0 saturated carbocycles. The zero-order chi connectivity index (χ0) is 16.8. The standard InChI is InChI=1S/C18H28O3Si/c1-15(12-13-21-22(5,6)18(2,3)4)14-20-17(19)16-10-8-7-9-11-16/h7-11H,1,12-14H2,2-6H3. The van der Waals surface area contributed by atoms with Crippen LogP contribution in [0.4, 0.5) is 0 Å². The van der Waals surface area contributed by atoms with Crippen LogP contribution in [0.5, 0.6) is 0 Å². The first-order valence-electron chi connectivity index (χ1n) is 7.66. The number of ether oxygens (including phenoxy) is 1. The molecule has 0 saturated heterocycles. The molecule has 122 valence electrons. The highest BCUT2D eigenvalue weighted by Crippen LogP contribution is 2.36. The van der Waals surface area contributed by atoms with Crippen LogP contribution in [0, 0.1) is 0 Å². The molecule has 0 heterocycles. The van der Waals surface area contributed by atoms with E-state index in [1.54, 1.807) is 12.1 Å². The number of benzene rings is 1. The molecule has 0 atom stereocenters. The number of rotatable bonds is 7. The molecule has 0 fully saturated rings. The van der Waals surface area contributed by atoms with Crippen LogP contribution in [0.2, 0.25) is 18.1 Å². The van der Waals surface area contributed by atoms with Gasteiger partial charge in [0.05, 0.1) is 5.56 Å². The van der Waals surface area contributed by atoms with Gasteiger partial charge in [-0.3, -0.25) is 0 Å². The zero-order valence-electron chi connectivity index (χ0n) is 14.4. The third kappa shape index (κ3) is 5.77. The third-order valence-corrected chi connectivity index (χ3v) is 8.68. The molecule has 0 amide bonds. The van der Waals surface area contributed by atoms with E-state index in [-0.39, 0.29) is 17.6 Å². The van der Waals surface area contributed by atoms with Crippen molar-refractivity contribution in [3.63, 3.8) is 0 Å². The first-order valence-corrected chi connectivity index (χ1v) is 10.6. The van der Waals surface area contributed by atoms with E-state index < -0.39 is 8.32 Å². The van der Waals surface area contributed by atoms with Crippen molar-refractivity contribution >= 4 is 14.3 Å². The molecular formula is C18H28O3Si. The van der Waals surface area contributed by atoms with Crippen LogP contribution in [0.1, 0.15) is 37.6 Å². The van der Waals surface area contributed by atoms with Crippen LogP contribution < -0.4 is 0 Å². The van der Waals surface area contributed by atoms with Crippen molar-refractivity contribution in [3.05, 3.63) is 48.0 Å². The maximum absolute atomic E-state index is 11.8. The lowest BCUT2D eigenvalue weighted by molar-refractivity contribution is 0.0535. The molecule has 4 heteroatoms. The van der Waals surface area contributed by atoms with E-state index in [1.165, 1.54) is 0 Å². The largest absolute Gasteiger partial charge is 0.458 e. The van der Waals surface area contributed by atoms with Crippen molar-refractivity contribution in [2.75, 3.05) is 13.2 Å². The van der Waals surface area contributed by atoms with E-state index in [4.69, 9.17) is 9.16 Å². The van der Waals surface area contributed by atoms with Crippen LogP contribution in [-0.4, -0.2) is 27.5 Å². The average molecular weight is 321 g/mol. The highest BCUT2D eigenvalue weighted by Gasteiger charge is 2.36. The lowest BCUT2D eigenvalue weighted by Crippen LogP contribution is -2.41. The van der Waals surface area contributed by atoms with Crippen molar-refractivity contribution in [2.45, 2.75) is 45.3 Å². The molecule has 0 aliphatic heterocycles. The Balaban J connectivity index is 2.32. The minimum Gasteiger partial charge on any atom is -0.458 e. The molecule has 0 aliphatic carbocycles. The molecule has 0 radical (unpaired) electrons. The SMILES string of the molecule is C=C(CCO[Si](C)(C)C(C)(C)C)COC(=O)c1ccccc1. The van der Waals surface area contributed by atoms with Crippen molar-refractivity contribution in [3.8, 4) is 0 Å². The number of carbonyl (C=O) groups excluding carboxylic acids is 1. The molecule has 1 aromatic rings. The van der Waals surface area contributed by atoms with Gasteiger partial charge < -0.3 is 9.16 Å². The monoisotopic (exact) mass is 320 g/mol. The predicted molar refractivity (Wildman–Crippen MR) is 93.6 cm³/mol. The summed E-state index contributed by atoms with van der Waals surface area (Å²) < 4.78 is 11.4. The fraction of sp³-hybridized carbons (Fsp3) is 0.500. The maximum Gasteiger partial charge on any atom is 0.338 e. The summed E-state index contributed by atoms with van der Waals surface area (Å²) in [5, 5.41) is 0.202. The smallest absolute Gasteiger partial charge is 0.338 e. The van der Waals surface area contributed by atoms with Gasteiger partial charge in [0.15, 0.2) is 8.32 Å². The van der Waals surface area contributed by atoms with Crippen molar-refractivity contribution in [2.24, 2.45) is 0 Å². The lowest BCUT2D eigenvalue weighted by atomic mass is 10.2. The predicted octanol–water partition coefficient (Wildman–Crippen LogP) is 4.81. The topological polar surface area (TPSA) is 35.5 Å². The lowest BCUT2D eigenvalue weighted by Gasteiger charge is -2.36. The first-order chi connectivity index (χ1) is 10.1. The van der Waals surface area contributed by atoms with Crippen LogP contribution in [-0.2, 0) is 9.16 Å². The Bertz CT molecular complexity index is 501. The molecule has 0 spiro atoms. The van der Waals surface area contributed by atoms with Crippen LogP contribution in [0.25, 0.3) is 0 Å². The minimum atomic E-state index is -1.72. The second-order valence-electron chi connectivity index (χ2n) is 7.05. The van der Waals surface area contributed by atoms with Gasteiger partial charge in [-0.2, -0.15) is 0 Å². The molecule has 0 bridgehead atoms. The molecule has 0 N–H and O–H groups in total. The number of hydrogen-bond donors (Lipinski definition) is 0. The van der Waals surface area contributed by atoms with Gasteiger partial charge >= 0.3 is 5.97 Å². The highest BCUT2D eigenvalue weighted by atomic mass is 28.4. The molecule has 0 unspecified atom stereocenters. The Kier molecular flexibility index (Phi) is 6.57. The second kappa shape index (κ2) is 7.74. The van der Waals surface area contributed by atoms with Crippen molar-refractivity contribution in [1.29, 1.82) is 0 Å². The quantitative estimate of drug-likeness (QED) is 0.411. The summed E-state index contributed by atoms with van der Waals surface area (Å²) in [6.45, 7) is 16.0. The molecular weight excluding hydrogens is 292 g/mol. The van der Waals surface area contributed by atoms with Gasteiger partial charge in [-0.05, 0) is 42.3 Å². The Morgan fingerprint density at radius 3 is 2.32 bits per heavy atom. The van der Waals surface area contributed by atoms with Crippen LogP contribution in [0.15, 0.2) is 42.5 Å². The van der Waals surface area contributed by atoms with Crippen molar-refractivity contribution < 1.29 is 14.0 Å². The Labute approximate surface area is 135 Å². The van der Waals surface area contributed by atoms with E-state index in [2.05, 4.69) is 40.4 Å². The summed E-state index contributed by atoms with van der Waals surface area (Å²) in [5.74, 6) is -0.313. The summed E-state index contributed by atoms with van der Waals surface area (Å²) in [5.41, 5.74) is 1.44. The van der Waals surface area contributed by atoms with Crippen molar-refractivity contribution in [1.82, 2.24) is 0 Å². The first kappa shape index (κ1) is 18.7. The summed E-state index contributed by atoms with van der Waals surface area (Å²) in [6.07, 6.45) is 0.717. The Morgan fingerprint density at radius 1 is 1.18 bits per heavy atom. The Morgan fingerprint density at radius 2 is 1.77 bits per heavy atom. The molecule has 0 aliphatic rings. The van der Waals surface area contributed by atoms with E-state index >= 15 is 0 Å². The molecule has 1 rings (SSSR count). The summed E-state index contributed by atoms with van der Waals surface area (Å²) in [7, 11) is -1.72. The third-order valence-electron chi connectivity index (χ3n) is 4.14. The number of esters is 1. The van der Waals surface area contributed by atoms with E-state index in [0.29, 0.717) is 18.6 Å². The fourth-order valence-corrected chi connectivity index (χ4v) is 2.61. The molecule has 1 aromatic carbocycles. The summed E-state index contributed by atoms with van der Waals surface area (Å²) in [4.78, 5) is 11.8. The van der Waals surface area contributed by atoms with E-state index in [9.17, 15) is 4.79 Å². The Hall–Kier alpha value is -1.39. The van der Waals surface area contributed by atoms with Gasteiger partial charge in [-0.25, -0.2) is 4.79 Å². The van der Waals surface area contributed by atoms with Gasteiger partial charge in [0.25, 0.3) is 0 Å². The van der Waals surface area contributed by atoms with Gasteiger partial charge in [0.1, 0.15) is 6.61 Å². The van der Waals surface area contributed by atoms with Gasteiger partial charge in [-0.1, -0.05) is 45.5 Å². The number of hydrogen-bond acceptors (Lipinski definition) is 3. The highest BCUT2D eigenvalue weighted by molar-refractivity contribution is 6.74. The molecule has 0 aromatic heterocycles. The number of carbonyl (C=O) groups is 1. The van der Waals surface area contributed by atoms with Gasteiger partial charge in [0.2, 0.25) is 0 Å². The van der Waals surface area contributed by atoms with E-state index in [1.807, 2.05) is 18.2 Å². The zero-order valence-corrected chi connectivity index (χ0v) is 15.4. The average Bonchev–Trinajstić information content (AvgIpc) is 2.44. The van der Waals surface area contributed by atoms with Crippen LogP contribution in [0.3, 0.4) is 0 Å². The fourth-order valence-electron chi connectivity index (χ4n) is 1.56.